The number of carboxylic acid groups (broad SMARTS) is 1. The van der Waals surface area contributed by atoms with Gasteiger partial charge in [0.1, 0.15) is 52.4 Å². The number of nitrogens with two attached hydrogens (primary N) is 2. The number of aromatic carboxylic acids is 1. The van der Waals surface area contributed by atoms with E-state index in [4.69, 9.17) is 20.9 Å². The molecule has 16 nitrogen and oxygen atoms in total. The summed E-state index contributed by atoms with van der Waals surface area (Å²) in [6.45, 7) is -1.25. The van der Waals surface area contributed by atoms with Gasteiger partial charge in [-0.1, -0.05) is 6.07 Å². The molecule has 230 valence electrons. The van der Waals surface area contributed by atoms with Crippen LogP contribution in [0.5, 0.6) is 17.2 Å². The molecule has 0 aromatic heterocycles. The average Bonchev–Trinajstić information content (AvgIpc) is 2.98. The number of ether oxygens (including phenoxy) is 2. The Morgan fingerprint density at radius 1 is 0.773 bits per heavy atom. The Labute approximate surface area is 249 Å². The lowest BCUT2D eigenvalue weighted by atomic mass is 10.1. The Bertz CT molecular complexity index is 1900. The van der Waals surface area contributed by atoms with Gasteiger partial charge in [-0.2, -0.15) is 8.42 Å². The minimum Gasteiger partial charge on any atom is -0.505 e. The van der Waals surface area contributed by atoms with Crippen molar-refractivity contribution in [2.24, 2.45) is 20.5 Å². The van der Waals surface area contributed by atoms with Crippen molar-refractivity contribution in [1.82, 2.24) is 0 Å². The molecule has 0 heterocycles. The predicted molar refractivity (Wildman–Crippen MR) is 158 cm³/mol. The van der Waals surface area contributed by atoms with E-state index >= 15 is 0 Å². The number of phenols is 1. The first-order valence-electron chi connectivity index (χ1n) is 12.6. The van der Waals surface area contributed by atoms with Crippen LogP contribution in [0.1, 0.15) is 10.4 Å². The number of aromatic hydroxyl groups is 1. The number of fused-ring (bicyclic) bond motifs is 1. The first kappa shape index (κ1) is 31.6. The smallest absolute Gasteiger partial charge is 0.338 e. The maximum absolute atomic E-state index is 12.2. The molecule has 0 spiro atoms. The van der Waals surface area contributed by atoms with E-state index in [9.17, 15) is 38.2 Å². The van der Waals surface area contributed by atoms with Crippen molar-refractivity contribution in [2.45, 2.75) is 4.90 Å². The van der Waals surface area contributed by atoms with Gasteiger partial charge < -0.3 is 41.4 Å². The van der Waals surface area contributed by atoms with E-state index in [2.05, 4.69) is 20.5 Å². The summed E-state index contributed by atoms with van der Waals surface area (Å²) in [7, 11) is -4.90. The summed E-state index contributed by atoms with van der Waals surface area (Å²) >= 11 is 0. The van der Waals surface area contributed by atoms with Gasteiger partial charge >= 0.3 is 5.97 Å². The molecule has 0 saturated heterocycles. The van der Waals surface area contributed by atoms with Gasteiger partial charge in [0.15, 0.2) is 5.75 Å². The number of aliphatic hydroxyl groups excluding tert-OH is 2. The summed E-state index contributed by atoms with van der Waals surface area (Å²) in [5.74, 6) is -2.04. The quantitative estimate of drug-likeness (QED) is 0.0661. The van der Waals surface area contributed by atoms with Crippen molar-refractivity contribution in [3.05, 3.63) is 60.2 Å². The van der Waals surface area contributed by atoms with Crippen molar-refractivity contribution >= 4 is 61.0 Å². The number of carbonyl (C=O) groups is 1. The van der Waals surface area contributed by atoms with Gasteiger partial charge in [0.25, 0.3) is 10.1 Å². The van der Waals surface area contributed by atoms with Crippen LogP contribution in [0.2, 0.25) is 0 Å². The van der Waals surface area contributed by atoms with Crippen molar-refractivity contribution in [1.29, 1.82) is 0 Å². The molecular weight excluding hydrogens is 600 g/mol. The fourth-order valence-electron chi connectivity index (χ4n) is 3.91. The molecule has 44 heavy (non-hydrogen) atoms. The lowest BCUT2D eigenvalue weighted by Gasteiger charge is -2.13. The third-order valence-corrected chi connectivity index (χ3v) is 6.73. The van der Waals surface area contributed by atoms with Crippen LogP contribution in [0, 0.1) is 0 Å². The van der Waals surface area contributed by atoms with Gasteiger partial charge in [-0.05, 0) is 41.8 Å². The topological polar surface area (TPSA) is 272 Å². The number of carboxylic acids is 1. The zero-order valence-corrected chi connectivity index (χ0v) is 23.5. The predicted octanol–water partition coefficient (Wildman–Crippen LogP) is 4.23. The van der Waals surface area contributed by atoms with Crippen LogP contribution in [0.4, 0.5) is 34.1 Å². The van der Waals surface area contributed by atoms with Crippen LogP contribution in [-0.2, 0) is 10.1 Å². The highest BCUT2D eigenvalue weighted by Crippen LogP contribution is 2.45. The van der Waals surface area contributed by atoms with Crippen LogP contribution >= 0.6 is 0 Å². The Morgan fingerprint density at radius 3 is 1.89 bits per heavy atom. The third-order valence-electron chi connectivity index (χ3n) is 5.87. The standard InChI is InChI=1S/C27H26N6O10S/c28-15-2-1-14-9-24(44(39,40)41)25(26(36)17(14)10-15)33-32-21-13-22(42-7-5-34)20(12-23(21)43-8-6-35)31-30-19-4-3-16(29)11-18(19)27(37)38/h1-4,9-13,34-36H,5-8,28-29H2,(H,37,38)(H,39,40,41). The lowest BCUT2D eigenvalue weighted by Crippen LogP contribution is -2.04. The summed E-state index contributed by atoms with van der Waals surface area (Å²) in [5, 5.41) is 55.4. The minimum atomic E-state index is -4.90. The Balaban J connectivity index is 1.87. The normalized spacial score (nSPS) is 11.9. The van der Waals surface area contributed by atoms with E-state index in [1.807, 2.05) is 0 Å². The Morgan fingerprint density at radius 2 is 1.32 bits per heavy atom. The Hall–Kier alpha value is -5.36. The molecule has 0 atom stereocenters. The van der Waals surface area contributed by atoms with Crippen LogP contribution in [0.15, 0.2) is 79.9 Å². The molecule has 0 saturated carbocycles. The fourth-order valence-corrected chi connectivity index (χ4v) is 4.57. The van der Waals surface area contributed by atoms with E-state index in [0.29, 0.717) is 0 Å². The number of azo groups is 2. The first-order chi connectivity index (χ1) is 20.9. The van der Waals surface area contributed by atoms with E-state index in [-0.39, 0.29) is 69.5 Å². The van der Waals surface area contributed by atoms with Gasteiger partial charge in [0.2, 0.25) is 0 Å². The molecular formula is C27H26N6O10S. The number of anilines is 2. The molecule has 0 aliphatic heterocycles. The van der Waals surface area contributed by atoms with Gasteiger partial charge in [0.05, 0.1) is 18.8 Å². The number of aliphatic hydroxyl groups is 2. The zero-order valence-electron chi connectivity index (χ0n) is 22.7. The molecule has 4 aromatic carbocycles. The van der Waals surface area contributed by atoms with Crippen LogP contribution in [0.25, 0.3) is 10.8 Å². The lowest BCUT2D eigenvalue weighted by molar-refractivity contribution is 0.0697. The molecule has 4 aromatic rings. The second kappa shape index (κ2) is 13.3. The van der Waals surface area contributed by atoms with E-state index in [1.165, 1.54) is 48.5 Å². The largest absolute Gasteiger partial charge is 0.505 e. The molecule has 17 heteroatoms. The molecule has 0 amide bonds. The zero-order chi connectivity index (χ0) is 32.0. The maximum atomic E-state index is 12.2. The van der Waals surface area contributed by atoms with Crippen LogP contribution in [-0.4, -0.2) is 65.8 Å². The minimum absolute atomic E-state index is 0.0128. The number of hydrogen-bond donors (Lipinski definition) is 7. The summed E-state index contributed by atoms with van der Waals surface area (Å²) in [4.78, 5) is 10.9. The fraction of sp³-hybridized carbons (Fsp3) is 0.148. The average molecular weight is 627 g/mol. The van der Waals surface area contributed by atoms with Crippen molar-refractivity contribution in [3.8, 4) is 17.2 Å². The van der Waals surface area contributed by atoms with Gasteiger partial charge in [-0.15, -0.1) is 20.5 Å². The van der Waals surface area contributed by atoms with Gasteiger partial charge in [0, 0.05) is 28.9 Å². The van der Waals surface area contributed by atoms with Crippen LogP contribution < -0.4 is 20.9 Å². The Kier molecular flexibility index (Phi) is 9.54. The SMILES string of the molecule is Nc1ccc(N=Nc2cc(OCCO)c(N=Nc3c(S(=O)(=O)O)cc4ccc(N)cc4c3O)cc2OCCO)c(C(=O)O)c1. The summed E-state index contributed by atoms with van der Waals surface area (Å²) < 4.78 is 45.3. The second-order valence-electron chi connectivity index (χ2n) is 8.94. The van der Waals surface area contributed by atoms with Crippen molar-refractivity contribution < 1.29 is 47.7 Å². The highest BCUT2D eigenvalue weighted by molar-refractivity contribution is 7.86. The molecule has 0 fully saturated rings. The van der Waals surface area contributed by atoms with E-state index in [0.717, 1.165) is 6.07 Å². The highest BCUT2D eigenvalue weighted by atomic mass is 32.2. The van der Waals surface area contributed by atoms with Crippen molar-refractivity contribution in [2.75, 3.05) is 37.9 Å². The first-order valence-corrected chi connectivity index (χ1v) is 14.0. The summed E-state index contributed by atoms with van der Waals surface area (Å²) in [6, 6.07) is 11.9. The van der Waals surface area contributed by atoms with Crippen LogP contribution in [0.3, 0.4) is 0 Å². The van der Waals surface area contributed by atoms with E-state index < -0.39 is 45.6 Å². The van der Waals surface area contributed by atoms with Gasteiger partial charge in [-0.3, -0.25) is 4.55 Å². The maximum Gasteiger partial charge on any atom is 0.338 e. The number of rotatable bonds is 12. The number of nitrogens with zero attached hydrogens (tertiary/aromatic N) is 4. The molecule has 0 bridgehead atoms. The summed E-state index contributed by atoms with van der Waals surface area (Å²) in [6.07, 6.45) is 0. The number of phenolic OH excluding ortho intramolecular Hbond substituents is 1. The monoisotopic (exact) mass is 626 g/mol. The van der Waals surface area contributed by atoms with Crippen molar-refractivity contribution in [3.63, 3.8) is 0 Å². The number of hydrogen-bond acceptors (Lipinski definition) is 14. The molecule has 0 aliphatic carbocycles. The van der Waals surface area contributed by atoms with Gasteiger partial charge in [-0.25, -0.2) is 4.79 Å². The number of nitrogen functional groups attached to an aromatic ring is 2. The van der Waals surface area contributed by atoms with E-state index in [1.54, 1.807) is 0 Å². The molecule has 0 unspecified atom stereocenters. The summed E-state index contributed by atoms with van der Waals surface area (Å²) in [5.41, 5.74) is 11.0. The molecule has 0 aliphatic rings. The third kappa shape index (κ3) is 7.16. The highest BCUT2D eigenvalue weighted by Gasteiger charge is 2.23. The molecule has 0 radical (unpaired) electrons. The molecule has 9 N–H and O–H groups in total. The second-order valence-corrected chi connectivity index (χ2v) is 10.3. The molecule has 4 rings (SSSR count). The number of benzene rings is 4.